The lowest BCUT2D eigenvalue weighted by atomic mass is 10.1. The molecule has 122 valence electrons. The number of hydrogen-bond donors (Lipinski definition) is 0. The third-order valence-corrected chi connectivity index (χ3v) is 4.79. The summed E-state index contributed by atoms with van der Waals surface area (Å²) < 4.78 is 8.05. The van der Waals surface area contributed by atoms with E-state index in [9.17, 15) is 4.79 Å². The van der Waals surface area contributed by atoms with Crippen molar-refractivity contribution >= 4 is 16.6 Å². The van der Waals surface area contributed by atoms with Crippen molar-refractivity contribution in [2.45, 2.75) is 32.7 Å². The van der Waals surface area contributed by atoms with E-state index in [1.807, 2.05) is 49.4 Å². The molecule has 3 aromatic rings. The summed E-state index contributed by atoms with van der Waals surface area (Å²) >= 11 is 0. The molecule has 0 radical (unpaired) electrons. The van der Waals surface area contributed by atoms with Crippen LogP contribution < -0.4 is 4.74 Å². The van der Waals surface area contributed by atoms with E-state index in [2.05, 4.69) is 17.6 Å². The minimum absolute atomic E-state index is 0.0446. The van der Waals surface area contributed by atoms with E-state index < -0.39 is 0 Å². The summed E-state index contributed by atoms with van der Waals surface area (Å²) in [5.74, 6) is 0.779. The molecule has 24 heavy (non-hydrogen) atoms. The SMILES string of the molecule is Cc1cc(C(=O)COc2ccc3ccccc3c2)c(C)n1C1CC1. The molecule has 0 unspecified atom stereocenters. The van der Waals surface area contributed by atoms with Crippen LogP contribution in [-0.2, 0) is 0 Å². The smallest absolute Gasteiger partial charge is 0.202 e. The van der Waals surface area contributed by atoms with Crippen molar-refractivity contribution in [1.82, 2.24) is 4.57 Å². The highest BCUT2D eigenvalue weighted by molar-refractivity contribution is 5.98. The normalized spacial score (nSPS) is 14.1. The third-order valence-electron chi connectivity index (χ3n) is 4.79. The van der Waals surface area contributed by atoms with Crippen LogP contribution in [-0.4, -0.2) is 17.0 Å². The van der Waals surface area contributed by atoms with Crippen molar-refractivity contribution in [2.75, 3.05) is 6.61 Å². The Balaban J connectivity index is 1.50. The van der Waals surface area contributed by atoms with Gasteiger partial charge in [0.05, 0.1) is 0 Å². The van der Waals surface area contributed by atoms with Gasteiger partial charge in [0.15, 0.2) is 6.61 Å². The van der Waals surface area contributed by atoms with Gasteiger partial charge in [-0.25, -0.2) is 0 Å². The Bertz CT molecular complexity index is 919. The van der Waals surface area contributed by atoms with E-state index in [-0.39, 0.29) is 12.4 Å². The fraction of sp³-hybridized carbons (Fsp3) is 0.286. The van der Waals surface area contributed by atoms with Gasteiger partial charge >= 0.3 is 0 Å². The molecule has 1 fully saturated rings. The molecule has 1 aliphatic carbocycles. The van der Waals surface area contributed by atoms with Crippen LogP contribution in [0.4, 0.5) is 0 Å². The number of nitrogens with zero attached hydrogens (tertiary/aromatic N) is 1. The van der Waals surface area contributed by atoms with Gasteiger partial charge in [-0.05, 0) is 55.7 Å². The van der Waals surface area contributed by atoms with Gasteiger partial charge in [-0.3, -0.25) is 4.79 Å². The Hall–Kier alpha value is -2.55. The summed E-state index contributed by atoms with van der Waals surface area (Å²) in [7, 11) is 0. The minimum atomic E-state index is 0.0446. The van der Waals surface area contributed by atoms with Crippen molar-refractivity contribution in [1.29, 1.82) is 0 Å². The zero-order valence-electron chi connectivity index (χ0n) is 14.1. The maximum Gasteiger partial charge on any atom is 0.202 e. The van der Waals surface area contributed by atoms with E-state index in [1.165, 1.54) is 23.9 Å². The molecule has 1 aromatic heterocycles. The lowest BCUT2D eigenvalue weighted by Gasteiger charge is -2.09. The van der Waals surface area contributed by atoms with Gasteiger partial charge in [-0.1, -0.05) is 30.3 Å². The number of fused-ring (bicyclic) bond motifs is 1. The fourth-order valence-electron chi connectivity index (χ4n) is 3.44. The Morgan fingerprint density at radius 1 is 1.08 bits per heavy atom. The first-order chi connectivity index (χ1) is 11.6. The molecule has 0 N–H and O–H groups in total. The van der Waals surface area contributed by atoms with E-state index in [4.69, 9.17) is 4.74 Å². The molecule has 4 rings (SSSR count). The van der Waals surface area contributed by atoms with Crippen LogP contribution in [0.25, 0.3) is 10.8 Å². The van der Waals surface area contributed by atoms with Crippen LogP contribution in [0.2, 0.25) is 0 Å². The second kappa shape index (κ2) is 5.82. The number of Topliss-reactive ketones (excluding diaryl/α,β-unsaturated/α-hetero) is 1. The van der Waals surface area contributed by atoms with Crippen LogP contribution in [0, 0.1) is 13.8 Å². The monoisotopic (exact) mass is 319 g/mol. The predicted octanol–water partition coefficient (Wildman–Crippen LogP) is 4.85. The molecule has 1 heterocycles. The van der Waals surface area contributed by atoms with Crippen molar-refractivity contribution < 1.29 is 9.53 Å². The summed E-state index contributed by atoms with van der Waals surface area (Å²) in [6.07, 6.45) is 2.44. The molecule has 0 aliphatic heterocycles. The first-order valence-electron chi connectivity index (χ1n) is 8.47. The number of rotatable bonds is 5. The lowest BCUT2D eigenvalue weighted by molar-refractivity contribution is 0.0921. The van der Waals surface area contributed by atoms with Crippen molar-refractivity contribution in [3.63, 3.8) is 0 Å². The van der Waals surface area contributed by atoms with Gasteiger partial charge in [0, 0.05) is 23.0 Å². The predicted molar refractivity (Wildman–Crippen MR) is 96.0 cm³/mol. The molecular formula is C21H21NO2. The van der Waals surface area contributed by atoms with Crippen molar-refractivity contribution in [3.05, 3.63) is 65.5 Å². The Morgan fingerprint density at radius 3 is 2.58 bits per heavy atom. The fourth-order valence-corrected chi connectivity index (χ4v) is 3.44. The van der Waals surface area contributed by atoms with Gasteiger partial charge in [-0.15, -0.1) is 0 Å². The van der Waals surface area contributed by atoms with Gasteiger partial charge < -0.3 is 9.30 Å². The molecule has 0 atom stereocenters. The van der Waals surface area contributed by atoms with Gasteiger partial charge in [0.1, 0.15) is 5.75 Å². The molecule has 1 saturated carbocycles. The van der Waals surface area contributed by atoms with E-state index in [1.54, 1.807) is 0 Å². The van der Waals surface area contributed by atoms with Crippen molar-refractivity contribution in [2.24, 2.45) is 0 Å². The van der Waals surface area contributed by atoms with Gasteiger partial charge in [0.2, 0.25) is 5.78 Å². The first-order valence-corrected chi connectivity index (χ1v) is 8.47. The quantitative estimate of drug-likeness (QED) is 0.629. The molecule has 0 spiro atoms. The van der Waals surface area contributed by atoms with Crippen LogP contribution in [0.15, 0.2) is 48.5 Å². The highest BCUT2D eigenvalue weighted by Gasteiger charge is 2.28. The number of ketones is 1. The number of aromatic nitrogens is 1. The van der Waals surface area contributed by atoms with Crippen LogP contribution in [0.3, 0.4) is 0 Å². The zero-order valence-corrected chi connectivity index (χ0v) is 14.1. The average Bonchev–Trinajstić information content (AvgIpc) is 3.37. The Morgan fingerprint density at radius 2 is 1.83 bits per heavy atom. The van der Waals surface area contributed by atoms with E-state index >= 15 is 0 Å². The standard InChI is InChI=1S/C21H21NO2/c1-14-11-20(15(2)22(14)18-8-9-18)21(23)13-24-19-10-7-16-5-3-4-6-17(16)12-19/h3-7,10-12,18H,8-9,13H2,1-2H3. The number of benzene rings is 2. The molecule has 0 bridgehead atoms. The maximum atomic E-state index is 12.6. The molecule has 3 nitrogen and oxygen atoms in total. The summed E-state index contributed by atoms with van der Waals surface area (Å²) in [5, 5.41) is 2.29. The number of aryl methyl sites for hydroxylation is 1. The summed E-state index contributed by atoms with van der Waals surface area (Å²) in [6.45, 7) is 4.19. The lowest BCUT2D eigenvalue weighted by Crippen LogP contribution is -2.12. The van der Waals surface area contributed by atoms with E-state index in [0.717, 1.165) is 22.4 Å². The van der Waals surface area contributed by atoms with E-state index in [0.29, 0.717) is 6.04 Å². The molecule has 1 aliphatic rings. The van der Waals surface area contributed by atoms with Crippen LogP contribution in [0.5, 0.6) is 5.75 Å². The molecule has 3 heteroatoms. The Labute approximate surface area is 141 Å². The summed E-state index contributed by atoms with van der Waals surface area (Å²) in [5.41, 5.74) is 3.03. The second-order valence-electron chi connectivity index (χ2n) is 6.61. The molecule has 0 amide bonds. The second-order valence-corrected chi connectivity index (χ2v) is 6.61. The van der Waals surface area contributed by atoms with Crippen LogP contribution in [0.1, 0.15) is 40.6 Å². The number of hydrogen-bond acceptors (Lipinski definition) is 2. The average molecular weight is 319 g/mol. The number of carbonyl (C=O) groups is 1. The zero-order chi connectivity index (χ0) is 16.7. The summed E-state index contributed by atoms with van der Waals surface area (Å²) in [4.78, 5) is 12.6. The third kappa shape index (κ3) is 2.71. The van der Waals surface area contributed by atoms with Crippen LogP contribution >= 0.6 is 0 Å². The van der Waals surface area contributed by atoms with Gasteiger partial charge in [0.25, 0.3) is 0 Å². The number of ether oxygens (including phenoxy) is 1. The molecule has 0 saturated heterocycles. The highest BCUT2D eigenvalue weighted by Crippen LogP contribution is 2.38. The highest BCUT2D eigenvalue weighted by atomic mass is 16.5. The maximum absolute atomic E-state index is 12.6. The minimum Gasteiger partial charge on any atom is -0.485 e. The van der Waals surface area contributed by atoms with Gasteiger partial charge in [-0.2, -0.15) is 0 Å². The topological polar surface area (TPSA) is 31.2 Å². The number of carbonyl (C=O) groups excluding carboxylic acids is 1. The largest absolute Gasteiger partial charge is 0.485 e. The Kier molecular flexibility index (Phi) is 3.64. The first kappa shape index (κ1) is 15.0. The summed E-state index contributed by atoms with van der Waals surface area (Å²) in [6, 6.07) is 16.6. The molecule has 2 aromatic carbocycles. The van der Waals surface area contributed by atoms with Crippen molar-refractivity contribution in [3.8, 4) is 5.75 Å². The molecular weight excluding hydrogens is 298 g/mol.